The summed E-state index contributed by atoms with van der Waals surface area (Å²) in [5.41, 5.74) is 1.50. The first kappa shape index (κ1) is 21.5. The van der Waals surface area contributed by atoms with Crippen molar-refractivity contribution in [3.8, 4) is 0 Å². The van der Waals surface area contributed by atoms with Crippen molar-refractivity contribution in [2.45, 2.75) is 18.9 Å². The molecule has 0 saturated heterocycles. The van der Waals surface area contributed by atoms with Crippen LogP contribution in [-0.2, 0) is 23.9 Å². The summed E-state index contributed by atoms with van der Waals surface area (Å²) in [4.78, 5) is 50.7. The smallest absolute Gasteiger partial charge is 0.323 e. The Kier molecular flexibility index (Phi) is 4.79. The zero-order valence-corrected chi connectivity index (χ0v) is 18.0. The Morgan fingerprint density at radius 3 is 2.59 bits per heavy atom. The number of carbonyl (C=O) groups excluding carboxylic acids is 3. The summed E-state index contributed by atoms with van der Waals surface area (Å²) in [6, 6.07) is 6.89. The average Bonchev–Trinajstić information content (AvgIpc) is 3.22. The number of hydrogen-bond acceptors (Lipinski definition) is 8. The second-order valence-corrected chi connectivity index (χ2v) is 8.19. The highest BCUT2D eigenvalue weighted by molar-refractivity contribution is 6.07. The molecule has 0 aliphatic carbocycles. The molecule has 0 bridgehead atoms. The summed E-state index contributed by atoms with van der Waals surface area (Å²) in [6.07, 6.45) is 1.69. The van der Waals surface area contributed by atoms with Crippen LogP contribution in [0.1, 0.15) is 18.9 Å². The molecule has 4 aliphatic heterocycles. The van der Waals surface area contributed by atoms with Crippen molar-refractivity contribution in [3.05, 3.63) is 75.5 Å². The fraction of sp³-hybridized carbons (Fsp3) is 0.240. The number of para-hydroxylation sites is 1. The van der Waals surface area contributed by atoms with Crippen LogP contribution in [0.2, 0.25) is 0 Å². The van der Waals surface area contributed by atoms with Crippen molar-refractivity contribution in [1.82, 2.24) is 4.90 Å². The number of ether oxygens (including phenoxy) is 1. The van der Waals surface area contributed by atoms with Gasteiger partial charge in [-0.1, -0.05) is 25.1 Å². The maximum Gasteiger partial charge on any atom is 0.323 e. The number of fused-ring (bicyclic) bond motifs is 3. The van der Waals surface area contributed by atoms with Crippen LogP contribution in [0.15, 0.2) is 69.9 Å². The molecule has 0 aromatic heterocycles. The number of aliphatic carboxylic acids is 1. The number of rotatable bonds is 3. The molecule has 0 amide bonds. The fourth-order valence-electron chi connectivity index (χ4n) is 5.06. The highest BCUT2D eigenvalue weighted by Crippen LogP contribution is 2.52. The maximum atomic E-state index is 12.2. The molecular weight excluding hydrogens is 440 g/mol. The Hall–Kier alpha value is -4.38. The second kappa shape index (κ2) is 7.59. The quantitative estimate of drug-likeness (QED) is 0.642. The lowest BCUT2D eigenvalue weighted by atomic mass is 9.79. The standard InChI is InChI=1S/C25H18N2O7/c1-2-25(33)17-7-19-24-15(10-28)14-5-3-4-6-18(14)27(9-23(31)32)20(24)8-26(19)21(11-29)16(17)13-34-22(25)12-30/h3-7,33H,2,8-9,13H2,1H3,(H,31,32)/t25-/m0/s1. The number of aliphatic hydroxyl groups is 1. The number of benzene rings is 1. The first-order valence-corrected chi connectivity index (χ1v) is 10.6. The molecule has 34 heavy (non-hydrogen) atoms. The van der Waals surface area contributed by atoms with Gasteiger partial charge in [0.05, 0.1) is 23.5 Å². The number of allylic oxidation sites excluding steroid dienone is 1. The van der Waals surface area contributed by atoms with Gasteiger partial charge in [0, 0.05) is 28.0 Å². The lowest BCUT2D eigenvalue weighted by molar-refractivity contribution is -0.135. The second-order valence-electron chi connectivity index (χ2n) is 8.19. The van der Waals surface area contributed by atoms with Crippen LogP contribution < -0.4 is 4.90 Å². The first-order chi connectivity index (χ1) is 16.4. The molecule has 2 N–H and O–H groups in total. The van der Waals surface area contributed by atoms with Crippen LogP contribution in [0.5, 0.6) is 0 Å². The summed E-state index contributed by atoms with van der Waals surface area (Å²) in [6.45, 7) is 1.24. The SMILES string of the molecule is CC[C@@]1(O)C(=C=O)OCC2=C1C=C1C3=C(CN1C2=C=O)N(CC(=O)O)c1ccccc1C3=C=O. The van der Waals surface area contributed by atoms with Crippen LogP contribution in [0, 0.1) is 0 Å². The molecule has 1 aromatic carbocycles. The van der Waals surface area contributed by atoms with E-state index in [1.165, 1.54) is 0 Å². The molecule has 0 saturated carbocycles. The molecule has 9 heteroatoms. The van der Waals surface area contributed by atoms with Gasteiger partial charge in [-0.3, -0.25) is 4.79 Å². The summed E-state index contributed by atoms with van der Waals surface area (Å²) in [5, 5.41) is 20.9. The van der Waals surface area contributed by atoms with Crippen LogP contribution in [0.25, 0.3) is 5.57 Å². The van der Waals surface area contributed by atoms with Crippen LogP contribution in [0.4, 0.5) is 5.69 Å². The van der Waals surface area contributed by atoms with E-state index in [1.807, 2.05) is 11.9 Å². The topological polar surface area (TPSA) is 124 Å². The first-order valence-electron chi connectivity index (χ1n) is 10.6. The molecular formula is C25H18N2O7. The average molecular weight is 458 g/mol. The zero-order valence-electron chi connectivity index (χ0n) is 18.0. The predicted molar refractivity (Wildman–Crippen MR) is 119 cm³/mol. The zero-order chi connectivity index (χ0) is 24.2. The van der Waals surface area contributed by atoms with E-state index in [-0.39, 0.29) is 48.7 Å². The predicted octanol–water partition coefficient (Wildman–Crippen LogP) is 1.17. The Morgan fingerprint density at radius 2 is 1.94 bits per heavy atom. The summed E-state index contributed by atoms with van der Waals surface area (Å²) >= 11 is 0. The van der Waals surface area contributed by atoms with Gasteiger partial charge < -0.3 is 24.7 Å². The minimum Gasteiger partial charge on any atom is -0.480 e. The van der Waals surface area contributed by atoms with Crippen LogP contribution in [0.3, 0.4) is 0 Å². The molecule has 9 nitrogen and oxygen atoms in total. The summed E-state index contributed by atoms with van der Waals surface area (Å²) in [5.74, 6) is 4.19. The molecule has 1 aromatic rings. The third-order valence-corrected chi connectivity index (χ3v) is 6.62. The van der Waals surface area contributed by atoms with Gasteiger partial charge in [-0.05, 0) is 18.6 Å². The number of hydrogen-bond donors (Lipinski definition) is 2. The van der Waals surface area contributed by atoms with E-state index >= 15 is 0 Å². The van der Waals surface area contributed by atoms with Gasteiger partial charge in [0.1, 0.15) is 24.8 Å². The van der Waals surface area contributed by atoms with E-state index in [4.69, 9.17) is 4.74 Å². The lowest BCUT2D eigenvalue weighted by Gasteiger charge is -2.39. The van der Waals surface area contributed by atoms with E-state index in [2.05, 4.69) is 0 Å². The largest absolute Gasteiger partial charge is 0.480 e. The number of anilines is 1. The molecule has 0 unspecified atom stereocenters. The van der Waals surface area contributed by atoms with Gasteiger partial charge in [0.15, 0.2) is 17.5 Å². The van der Waals surface area contributed by atoms with E-state index in [9.17, 15) is 29.4 Å². The van der Waals surface area contributed by atoms with Crippen molar-refractivity contribution in [3.63, 3.8) is 0 Å². The van der Waals surface area contributed by atoms with Crippen molar-refractivity contribution >= 4 is 35.1 Å². The summed E-state index contributed by atoms with van der Waals surface area (Å²) in [7, 11) is 0. The number of carbonyl (C=O) groups is 1. The van der Waals surface area contributed by atoms with Gasteiger partial charge in [-0.25, -0.2) is 14.4 Å². The number of nitrogens with zero attached hydrogens (tertiary/aromatic N) is 2. The fourth-order valence-corrected chi connectivity index (χ4v) is 5.06. The lowest BCUT2D eigenvalue weighted by Crippen LogP contribution is -2.42. The van der Waals surface area contributed by atoms with Crippen molar-refractivity contribution in [1.29, 1.82) is 0 Å². The van der Waals surface area contributed by atoms with Crippen molar-refractivity contribution in [2.24, 2.45) is 0 Å². The molecule has 4 heterocycles. The van der Waals surface area contributed by atoms with Crippen LogP contribution >= 0.6 is 0 Å². The van der Waals surface area contributed by atoms with Gasteiger partial charge in [-0.2, -0.15) is 0 Å². The Bertz CT molecular complexity index is 1410. The Balaban J connectivity index is 1.79. The van der Waals surface area contributed by atoms with Gasteiger partial charge >= 0.3 is 5.97 Å². The van der Waals surface area contributed by atoms with Gasteiger partial charge in [-0.15, -0.1) is 0 Å². The minimum absolute atomic E-state index is 0.0720. The molecule has 5 rings (SSSR count). The van der Waals surface area contributed by atoms with Crippen molar-refractivity contribution in [2.75, 3.05) is 24.6 Å². The maximum absolute atomic E-state index is 12.2. The van der Waals surface area contributed by atoms with E-state index in [0.29, 0.717) is 33.8 Å². The summed E-state index contributed by atoms with van der Waals surface area (Å²) < 4.78 is 5.43. The minimum atomic E-state index is -1.82. The normalized spacial score (nSPS) is 22.6. The third kappa shape index (κ3) is 2.73. The van der Waals surface area contributed by atoms with Gasteiger partial charge in [0.2, 0.25) is 5.76 Å². The third-order valence-electron chi connectivity index (χ3n) is 6.62. The molecule has 170 valence electrons. The van der Waals surface area contributed by atoms with Crippen molar-refractivity contribution < 1.29 is 34.1 Å². The molecule has 4 aliphatic rings. The van der Waals surface area contributed by atoms with E-state index < -0.39 is 11.6 Å². The highest BCUT2D eigenvalue weighted by atomic mass is 16.5. The number of carboxylic acids is 1. The Labute approximate surface area is 193 Å². The van der Waals surface area contributed by atoms with Gasteiger partial charge in [0.25, 0.3) is 0 Å². The van der Waals surface area contributed by atoms with Crippen LogP contribution in [-0.4, -0.2) is 64.2 Å². The molecule has 0 fully saturated rings. The van der Waals surface area contributed by atoms with E-state index in [1.54, 1.807) is 53.0 Å². The Morgan fingerprint density at radius 1 is 1.18 bits per heavy atom. The highest BCUT2D eigenvalue weighted by Gasteiger charge is 2.49. The molecule has 0 spiro atoms. The molecule has 1 atom stereocenters. The molecule has 0 radical (unpaired) electrons. The monoisotopic (exact) mass is 458 g/mol. The van der Waals surface area contributed by atoms with E-state index in [0.717, 1.165) is 0 Å². The number of carboxylic acid groups (broad SMARTS) is 1.